The standard InChI is InChI=1S/C14H11BF3NO3/c16-10-2-1-3-11(17)13(10)14(20)19-7-8-4-5-9(15(21)22)6-12(8)18/h1-6,21-22H,7H2,(H,19,20). The lowest BCUT2D eigenvalue weighted by atomic mass is 9.80. The van der Waals surface area contributed by atoms with Crippen molar-refractivity contribution >= 4 is 18.5 Å². The molecule has 2 rings (SSSR count). The number of hydrogen-bond donors (Lipinski definition) is 3. The molecule has 1 amide bonds. The van der Waals surface area contributed by atoms with Gasteiger partial charge in [-0.3, -0.25) is 4.79 Å². The van der Waals surface area contributed by atoms with E-state index in [1.165, 1.54) is 12.1 Å². The summed E-state index contributed by atoms with van der Waals surface area (Å²) in [6.07, 6.45) is 0. The molecule has 0 radical (unpaired) electrons. The molecule has 0 fully saturated rings. The third-order valence-corrected chi connectivity index (χ3v) is 3.00. The van der Waals surface area contributed by atoms with Gasteiger partial charge in [-0.25, -0.2) is 13.2 Å². The van der Waals surface area contributed by atoms with Crippen LogP contribution in [0.5, 0.6) is 0 Å². The van der Waals surface area contributed by atoms with Crippen LogP contribution in [0.25, 0.3) is 0 Å². The van der Waals surface area contributed by atoms with Gasteiger partial charge in [-0.05, 0) is 23.7 Å². The summed E-state index contributed by atoms with van der Waals surface area (Å²) in [5.74, 6) is -3.82. The maximum absolute atomic E-state index is 13.7. The number of carbonyl (C=O) groups is 1. The van der Waals surface area contributed by atoms with E-state index in [9.17, 15) is 18.0 Å². The molecule has 0 aliphatic carbocycles. The molecule has 3 N–H and O–H groups in total. The summed E-state index contributed by atoms with van der Waals surface area (Å²) in [6, 6.07) is 6.41. The average molecular weight is 309 g/mol. The number of benzene rings is 2. The van der Waals surface area contributed by atoms with Crippen LogP contribution in [-0.2, 0) is 6.54 Å². The van der Waals surface area contributed by atoms with Gasteiger partial charge in [-0.1, -0.05) is 18.2 Å². The molecule has 22 heavy (non-hydrogen) atoms. The fraction of sp³-hybridized carbons (Fsp3) is 0.0714. The Bertz CT molecular complexity index is 689. The minimum atomic E-state index is -1.81. The average Bonchev–Trinajstić information content (AvgIpc) is 2.45. The van der Waals surface area contributed by atoms with Crippen LogP contribution in [-0.4, -0.2) is 23.1 Å². The van der Waals surface area contributed by atoms with E-state index in [2.05, 4.69) is 5.32 Å². The Kier molecular flexibility index (Phi) is 4.84. The van der Waals surface area contributed by atoms with Gasteiger partial charge in [0.25, 0.3) is 5.91 Å². The van der Waals surface area contributed by atoms with E-state index in [0.717, 1.165) is 24.3 Å². The van der Waals surface area contributed by atoms with Crippen LogP contribution in [0.1, 0.15) is 15.9 Å². The molecule has 0 atom stereocenters. The van der Waals surface area contributed by atoms with Gasteiger partial charge < -0.3 is 15.4 Å². The van der Waals surface area contributed by atoms with Gasteiger partial charge in [0.2, 0.25) is 0 Å². The highest BCUT2D eigenvalue weighted by atomic mass is 19.1. The summed E-state index contributed by atoms with van der Waals surface area (Å²) in [5, 5.41) is 20.0. The highest BCUT2D eigenvalue weighted by molar-refractivity contribution is 6.58. The molecule has 2 aromatic carbocycles. The monoisotopic (exact) mass is 309 g/mol. The molecule has 2 aromatic rings. The molecule has 0 unspecified atom stereocenters. The second kappa shape index (κ2) is 6.63. The molecule has 0 aliphatic rings. The highest BCUT2D eigenvalue weighted by Gasteiger charge is 2.18. The minimum Gasteiger partial charge on any atom is -0.423 e. The van der Waals surface area contributed by atoms with Crippen molar-refractivity contribution in [3.8, 4) is 0 Å². The van der Waals surface area contributed by atoms with Crippen LogP contribution in [0.4, 0.5) is 13.2 Å². The van der Waals surface area contributed by atoms with Crippen LogP contribution in [0.15, 0.2) is 36.4 Å². The molecular weight excluding hydrogens is 298 g/mol. The first-order valence-electron chi connectivity index (χ1n) is 6.27. The quantitative estimate of drug-likeness (QED) is 0.729. The Morgan fingerprint density at radius 3 is 2.23 bits per heavy atom. The predicted octanol–water partition coefficient (Wildman–Crippen LogP) is 0.714. The van der Waals surface area contributed by atoms with Crippen LogP contribution >= 0.6 is 0 Å². The summed E-state index contributed by atoms with van der Waals surface area (Å²) in [7, 11) is -1.81. The molecule has 8 heteroatoms. The second-order valence-electron chi connectivity index (χ2n) is 4.50. The van der Waals surface area contributed by atoms with Crippen molar-refractivity contribution in [3.05, 3.63) is 65.0 Å². The maximum Gasteiger partial charge on any atom is 0.488 e. The van der Waals surface area contributed by atoms with Crippen LogP contribution < -0.4 is 10.8 Å². The van der Waals surface area contributed by atoms with E-state index in [0.29, 0.717) is 0 Å². The molecular formula is C14H11BF3NO3. The van der Waals surface area contributed by atoms with E-state index < -0.39 is 36.0 Å². The first-order valence-corrected chi connectivity index (χ1v) is 6.27. The van der Waals surface area contributed by atoms with Crippen LogP contribution in [0, 0.1) is 17.5 Å². The molecule has 114 valence electrons. The van der Waals surface area contributed by atoms with Gasteiger partial charge in [0.15, 0.2) is 0 Å². The van der Waals surface area contributed by atoms with Crippen molar-refractivity contribution in [1.82, 2.24) is 5.32 Å². The summed E-state index contributed by atoms with van der Waals surface area (Å²) >= 11 is 0. The van der Waals surface area contributed by atoms with Crippen molar-refractivity contribution < 1.29 is 28.0 Å². The smallest absolute Gasteiger partial charge is 0.423 e. The summed E-state index contributed by atoms with van der Waals surface area (Å²) in [6.45, 7) is -0.305. The fourth-order valence-corrected chi connectivity index (χ4v) is 1.85. The zero-order chi connectivity index (χ0) is 16.3. The Morgan fingerprint density at radius 1 is 1.05 bits per heavy atom. The van der Waals surface area contributed by atoms with Gasteiger partial charge in [-0.15, -0.1) is 0 Å². The first-order chi connectivity index (χ1) is 10.4. The molecule has 0 bridgehead atoms. The lowest BCUT2D eigenvalue weighted by Crippen LogP contribution is -2.31. The maximum atomic E-state index is 13.7. The lowest BCUT2D eigenvalue weighted by molar-refractivity contribution is 0.0942. The first kappa shape index (κ1) is 16.1. The minimum absolute atomic E-state index is 0.0366. The highest BCUT2D eigenvalue weighted by Crippen LogP contribution is 2.12. The summed E-state index contributed by atoms with van der Waals surface area (Å²) < 4.78 is 40.5. The van der Waals surface area contributed by atoms with E-state index >= 15 is 0 Å². The van der Waals surface area contributed by atoms with E-state index in [1.807, 2.05) is 0 Å². The normalized spacial score (nSPS) is 10.4. The van der Waals surface area contributed by atoms with E-state index in [1.54, 1.807) is 0 Å². The summed E-state index contributed by atoms with van der Waals surface area (Å²) in [4.78, 5) is 11.8. The molecule has 0 saturated carbocycles. The largest absolute Gasteiger partial charge is 0.488 e. The molecule has 0 saturated heterocycles. The second-order valence-corrected chi connectivity index (χ2v) is 4.50. The van der Waals surface area contributed by atoms with Crippen molar-refractivity contribution in [2.24, 2.45) is 0 Å². The van der Waals surface area contributed by atoms with Crippen LogP contribution in [0.3, 0.4) is 0 Å². The van der Waals surface area contributed by atoms with Gasteiger partial charge in [0.1, 0.15) is 23.0 Å². The molecule has 0 heterocycles. The Balaban J connectivity index is 2.12. The third kappa shape index (κ3) is 3.47. The van der Waals surface area contributed by atoms with Crippen molar-refractivity contribution in [2.75, 3.05) is 0 Å². The van der Waals surface area contributed by atoms with Gasteiger partial charge >= 0.3 is 7.12 Å². The summed E-state index contributed by atoms with van der Waals surface area (Å²) in [5.41, 5.74) is -0.757. The Morgan fingerprint density at radius 2 is 1.68 bits per heavy atom. The predicted molar refractivity (Wildman–Crippen MR) is 73.8 cm³/mol. The topological polar surface area (TPSA) is 69.6 Å². The molecule has 0 aromatic heterocycles. The third-order valence-electron chi connectivity index (χ3n) is 3.00. The van der Waals surface area contributed by atoms with Gasteiger partial charge in [0.05, 0.1) is 0 Å². The van der Waals surface area contributed by atoms with Crippen LogP contribution in [0.2, 0.25) is 0 Å². The number of carbonyl (C=O) groups excluding carboxylic acids is 1. The molecule has 0 aliphatic heterocycles. The number of nitrogens with one attached hydrogen (secondary N) is 1. The van der Waals surface area contributed by atoms with Crippen molar-refractivity contribution in [3.63, 3.8) is 0 Å². The zero-order valence-corrected chi connectivity index (χ0v) is 11.2. The number of halogens is 3. The Hall–Kier alpha value is -2.32. The van der Waals surface area contributed by atoms with Crippen molar-refractivity contribution in [1.29, 1.82) is 0 Å². The van der Waals surface area contributed by atoms with Gasteiger partial charge in [0, 0.05) is 12.1 Å². The Labute approximate surface area is 124 Å². The van der Waals surface area contributed by atoms with E-state index in [-0.39, 0.29) is 17.6 Å². The van der Waals surface area contributed by atoms with Gasteiger partial charge in [-0.2, -0.15) is 0 Å². The molecule has 4 nitrogen and oxygen atoms in total. The van der Waals surface area contributed by atoms with Crippen molar-refractivity contribution in [2.45, 2.75) is 6.54 Å². The molecule has 0 spiro atoms. The number of rotatable bonds is 4. The fourth-order valence-electron chi connectivity index (χ4n) is 1.85. The number of amides is 1. The van der Waals surface area contributed by atoms with E-state index in [4.69, 9.17) is 10.0 Å². The number of hydrogen-bond acceptors (Lipinski definition) is 3. The SMILES string of the molecule is O=C(NCc1ccc(B(O)O)cc1F)c1c(F)cccc1F. The lowest BCUT2D eigenvalue weighted by Gasteiger charge is -2.09. The zero-order valence-electron chi connectivity index (χ0n) is 11.2.